The number of thiol groups is 1. The normalized spacial score (nSPS) is 15.9. The van der Waals surface area contributed by atoms with Crippen LogP contribution in [0.5, 0.6) is 0 Å². The molecule has 1 unspecified atom stereocenters. The number of nitrogens with two attached hydrogens (primary N) is 2. The van der Waals surface area contributed by atoms with Gasteiger partial charge >= 0.3 is 0 Å². The second-order valence-corrected chi connectivity index (χ2v) is 4.79. The summed E-state index contributed by atoms with van der Waals surface area (Å²) in [5.41, 5.74) is 15.9. The molecule has 0 radical (unpaired) electrons. The van der Waals surface area contributed by atoms with Crippen molar-refractivity contribution in [2.45, 2.75) is 31.8 Å². The number of nitrogens with zero attached hydrogens (tertiary/aromatic N) is 1. The first kappa shape index (κ1) is 20.5. The van der Waals surface area contributed by atoms with Crippen molar-refractivity contribution >= 4 is 18.3 Å². The Balaban J connectivity index is 0.000000360. The summed E-state index contributed by atoms with van der Waals surface area (Å²) in [6, 6.07) is 7.58. The molecule has 6 heteroatoms. The van der Waals surface area contributed by atoms with Crippen LogP contribution in [-0.2, 0) is 4.84 Å². The quantitative estimate of drug-likeness (QED) is 0.508. The fourth-order valence-electron chi connectivity index (χ4n) is 1.57. The molecule has 1 heterocycles. The summed E-state index contributed by atoms with van der Waals surface area (Å²) in [6.07, 6.45) is 5.85. The smallest absolute Gasteiger partial charge is 0.0971 e. The van der Waals surface area contributed by atoms with E-state index in [9.17, 15) is 0 Å². The Labute approximate surface area is 139 Å². The molecule has 5 nitrogen and oxygen atoms in total. The predicted octanol–water partition coefficient (Wildman–Crippen LogP) is 2.94. The summed E-state index contributed by atoms with van der Waals surface area (Å²) in [6.45, 7) is 6.49. The number of hydrogen-bond donors (Lipinski definition) is 4. The number of anilines is 1. The SMILES string of the molecule is CC.CC1=CN(CN)C(N)C=C1.CONc1ccc(S)cc1. The van der Waals surface area contributed by atoms with Gasteiger partial charge in [0.05, 0.1) is 25.6 Å². The number of hydrogen-bond acceptors (Lipinski definition) is 6. The van der Waals surface area contributed by atoms with E-state index in [0.29, 0.717) is 6.67 Å². The molecule has 1 aromatic rings. The number of nitrogens with one attached hydrogen (secondary N) is 1. The largest absolute Gasteiger partial charge is 0.346 e. The highest BCUT2D eigenvalue weighted by atomic mass is 32.1. The van der Waals surface area contributed by atoms with Crippen molar-refractivity contribution < 1.29 is 4.84 Å². The summed E-state index contributed by atoms with van der Waals surface area (Å²) >= 11 is 4.13. The second-order valence-electron chi connectivity index (χ2n) is 4.27. The fraction of sp³-hybridized carbons (Fsp3) is 0.375. The van der Waals surface area contributed by atoms with Gasteiger partial charge in [0, 0.05) is 11.1 Å². The third-order valence-electron chi connectivity index (χ3n) is 2.61. The summed E-state index contributed by atoms with van der Waals surface area (Å²) in [5, 5.41) is 0. The molecule has 1 aliphatic rings. The maximum absolute atomic E-state index is 5.67. The lowest BCUT2D eigenvalue weighted by Crippen LogP contribution is -2.41. The Hall–Kier alpha value is -1.47. The first-order valence-electron chi connectivity index (χ1n) is 7.23. The van der Waals surface area contributed by atoms with Crippen molar-refractivity contribution in [1.82, 2.24) is 4.90 Å². The average molecular weight is 324 g/mol. The molecule has 0 fully saturated rings. The minimum absolute atomic E-state index is 0.0475. The van der Waals surface area contributed by atoms with Crippen LogP contribution in [0.25, 0.3) is 0 Å². The molecule has 0 bridgehead atoms. The summed E-state index contributed by atoms with van der Waals surface area (Å²) in [4.78, 5) is 7.52. The summed E-state index contributed by atoms with van der Waals surface area (Å²) < 4.78 is 0. The van der Waals surface area contributed by atoms with Gasteiger partial charge in [0.1, 0.15) is 0 Å². The van der Waals surface area contributed by atoms with Crippen LogP contribution in [0.2, 0.25) is 0 Å². The lowest BCUT2D eigenvalue weighted by Gasteiger charge is -2.26. The molecule has 2 rings (SSSR count). The van der Waals surface area contributed by atoms with Crippen LogP contribution in [0.3, 0.4) is 0 Å². The molecule has 0 amide bonds. The highest BCUT2D eigenvalue weighted by molar-refractivity contribution is 7.80. The minimum Gasteiger partial charge on any atom is -0.346 e. The van der Waals surface area contributed by atoms with Crippen molar-refractivity contribution in [3.8, 4) is 0 Å². The number of rotatable bonds is 3. The fourth-order valence-corrected chi connectivity index (χ4v) is 1.72. The molecule has 1 aliphatic heterocycles. The molecule has 0 aliphatic carbocycles. The molecular formula is C16H28N4OS. The van der Waals surface area contributed by atoms with E-state index in [4.69, 9.17) is 16.3 Å². The average Bonchev–Trinajstić information content (AvgIpc) is 2.55. The third kappa shape index (κ3) is 8.09. The van der Waals surface area contributed by atoms with Crippen molar-refractivity contribution in [3.63, 3.8) is 0 Å². The molecule has 5 N–H and O–H groups in total. The Morgan fingerprint density at radius 2 is 1.86 bits per heavy atom. The van der Waals surface area contributed by atoms with Gasteiger partial charge in [-0.15, -0.1) is 12.6 Å². The van der Waals surface area contributed by atoms with Crippen LogP contribution < -0.4 is 16.9 Å². The Morgan fingerprint density at radius 1 is 1.27 bits per heavy atom. The van der Waals surface area contributed by atoms with Gasteiger partial charge in [-0.05, 0) is 42.8 Å². The monoisotopic (exact) mass is 324 g/mol. The summed E-state index contributed by atoms with van der Waals surface area (Å²) in [7, 11) is 1.58. The van der Waals surface area contributed by atoms with Gasteiger partial charge in [0.25, 0.3) is 0 Å². The van der Waals surface area contributed by atoms with Gasteiger partial charge in [0.2, 0.25) is 0 Å². The zero-order chi connectivity index (χ0) is 17.0. The van der Waals surface area contributed by atoms with Crippen molar-refractivity contribution in [1.29, 1.82) is 0 Å². The van der Waals surface area contributed by atoms with E-state index in [0.717, 1.165) is 10.6 Å². The molecule has 1 atom stereocenters. The molecule has 0 saturated heterocycles. The topological polar surface area (TPSA) is 76.5 Å². The first-order chi connectivity index (χ1) is 10.6. The van der Waals surface area contributed by atoms with Gasteiger partial charge in [0.15, 0.2) is 0 Å². The van der Waals surface area contributed by atoms with Crippen molar-refractivity contribution in [2.24, 2.45) is 11.5 Å². The van der Waals surface area contributed by atoms with E-state index in [1.54, 1.807) is 7.11 Å². The molecule has 1 aromatic carbocycles. The van der Waals surface area contributed by atoms with E-state index >= 15 is 0 Å². The highest BCUT2D eigenvalue weighted by Crippen LogP contribution is 2.11. The molecule has 0 saturated carbocycles. The maximum Gasteiger partial charge on any atom is 0.0971 e. The van der Waals surface area contributed by atoms with Gasteiger partial charge in [-0.1, -0.05) is 19.9 Å². The van der Waals surface area contributed by atoms with Crippen molar-refractivity contribution in [3.05, 3.63) is 48.2 Å². The Morgan fingerprint density at radius 3 is 2.32 bits per heavy atom. The van der Waals surface area contributed by atoms with Gasteiger partial charge in [-0.3, -0.25) is 10.3 Å². The van der Waals surface area contributed by atoms with E-state index in [2.05, 4.69) is 18.1 Å². The number of benzene rings is 1. The number of allylic oxidation sites excluding steroid dienone is 2. The van der Waals surface area contributed by atoms with Crippen LogP contribution in [0.4, 0.5) is 5.69 Å². The van der Waals surface area contributed by atoms with Crippen LogP contribution in [0.15, 0.2) is 53.1 Å². The lowest BCUT2D eigenvalue weighted by molar-refractivity contribution is 0.271. The highest BCUT2D eigenvalue weighted by Gasteiger charge is 2.08. The first-order valence-corrected chi connectivity index (χ1v) is 7.67. The van der Waals surface area contributed by atoms with Gasteiger partial charge in [-0.2, -0.15) is 0 Å². The Bertz CT molecular complexity index is 460. The zero-order valence-corrected chi connectivity index (χ0v) is 14.7. The zero-order valence-electron chi connectivity index (χ0n) is 13.8. The van der Waals surface area contributed by atoms with Crippen LogP contribution >= 0.6 is 12.6 Å². The standard InChI is InChI=1S/C7H13N3.C7H9NOS.C2H6/c1-6-2-3-7(9)10(4-6)5-8;1-9-8-6-2-4-7(10)5-3-6;1-2/h2-4,7H,5,8-9H2,1H3;2-5,8,10H,1H3;1-2H3. The molecule has 0 spiro atoms. The lowest BCUT2D eigenvalue weighted by atomic mass is 10.2. The van der Waals surface area contributed by atoms with E-state index < -0.39 is 0 Å². The summed E-state index contributed by atoms with van der Waals surface area (Å²) in [5.74, 6) is 0. The minimum atomic E-state index is -0.0475. The van der Waals surface area contributed by atoms with Crippen LogP contribution in [-0.4, -0.2) is 24.8 Å². The molecule has 22 heavy (non-hydrogen) atoms. The second kappa shape index (κ2) is 12.1. The molecular weight excluding hydrogens is 296 g/mol. The maximum atomic E-state index is 5.67. The van der Waals surface area contributed by atoms with E-state index in [1.807, 2.05) is 68.3 Å². The van der Waals surface area contributed by atoms with E-state index in [-0.39, 0.29) is 6.17 Å². The molecule has 124 valence electrons. The van der Waals surface area contributed by atoms with Gasteiger partial charge in [-0.25, -0.2) is 0 Å². The molecule has 0 aromatic heterocycles. The van der Waals surface area contributed by atoms with E-state index in [1.165, 1.54) is 5.57 Å². The predicted molar refractivity (Wildman–Crippen MR) is 97.4 cm³/mol. The Kier molecular flexibility index (Phi) is 11.3. The third-order valence-corrected chi connectivity index (χ3v) is 2.90. The van der Waals surface area contributed by atoms with Crippen LogP contribution in [0, 0.1) is 0 Å². The van der Waals surface area contributed by atoms with Gasteiger partial charge < -0.3 is 16.4 Å². The van der Waals surface area contributed by atoms with Crippen LogP contribution in [0.1, 0.15) is 20.8 Å². The van der Waals surface area contributed by atoms with Crippen molar-refractivity contribution in [2.75, 3.05) is 19.3 Å².